The number of benzene rings is 2. The molecule has 0 atom stereocenters. The van der Waals surface area contributed by atoms with E-state index in [1.165, 1.54) is 0 Å². The lowest BCUT2D eigenvalue weighted by atomic mass is 10.1. The molecule has 0 amide bonds. The van der Waals surface area contributed by atoms with Gasteiger partial charge in [0.05, 0.1) is 16.1 Å². The number of hydrogen-bond acceptors (Lipinski definition) is 2. The van der Waals surface area contributed by atoms with Crippen LogP contribution in [0.5, 0.6) is 0 Å². The Balaban J connectivity index is 2.44. The highest BCUT2D eigenvalue weighted by molar-refractivity contribution is 7.92. The number of aryl methyl sites for hydroxylation is 2. The van der Waals surface area contributed by atoms with Gasteiger partial charge >= 0.3 is 6.18 Å². The van der Waals surface area contributed by atoms with E-state index in [4.69, 9.17) is 0 Å². The van der Waals surface area contributed by atoms with Crippen molar-refractivity contribution in [2.24, 2.45) is 0 Å². The topological polar surface area (TPSA) is 46.2 Å². The van der Waals surface area contributed by atoms with E-state index in [-0.39, 0.29) is 0 Å². The number of halogens is 3. The van der Waals surface area contributed by atoms with Gasteiger partial charge in [-0.1, -0.05) is 24.3 Å². The third-order valence-corrected chi connectivity index (χ3v) is 4.54. The maximum atomic E-state index is 12.7. The summed E-state index contributed by atoms with van der Waals surface area (Å²) in [5.74, 6) is 0. The van der Waals surface area contributed by atoms with Crippen LogP contribution in [0.1, 0.15) is 16.7 Å². The van der Waals surface area contributed by atoms with Gasteiger partial charge in [-0.05, 0) is 43.2 Å². The summed E-state index contributed by atoms with van der Waals surface area (Å²) in [7, 11) is -4.09. The van der Waals surface area contributed by atoms with Gasteiger partial charge in [-0.2, -0.15) is 13.2 Å². The van der Waals surface area contributed by atoms with Crippen LogP contribution >= 0.6 is 0 Å². The fourth-order valence-electron chi connectivity index (χ4n) is 2.01. The van der Waals surface area contributed by atoms with Crippen LogP contribution in [0, 0.1) is 13.8 Å². The monoisotopic (exact) mass is 329 g/mol. The third-order valence-electron chi connectivity index (χ3n) is 3.19. The zero-order chi connectivity index (χ0) is 16.5. The van der Waals surface area contributed by atoms with Crippen molar-refractivity contribution in [3.05, 3.63) is 59.2 Å². The summed E-state index contributed by atoms with van der Waals surface area (Å²) in [5, 5.41) is 0. The van der Waals surface area contributed by atoms with Crippen LogP contribution in [0.25, 0.3) is 0 Å². The van der Waals surface area contributed by atoms with Gasteiger partial charge in [-0.25, -0.2) is 8.42 Å². The molecule has 1 N–H and O–H groups in total. The Bertz CT molecular complexity index is 778. The Morgan fingerprint density at radius 2 is 1.50 bits per heavy atom. The first-order valence-corrected chi connectivity index (χ1v) is 7.86. The van der Waals surface area contributed by atoms with E-state index in [1.54, 1.807) is 32.0 Å². The van der Waals surface area contributed by atoms with Crippen molar-refractivity contribution >= 4 is 15.7 Å². The molecule has 0 fully saturated rings. The Kier molecular flexibility index (Phi) is 4.19. The van der Waals surface area contributed by atoms with Gasteiger partial charge in [0, 0.05) is 0 Å². The number of nitrogens with one attached hydrogen (secondary N) is 1. The molecule has 0 aromatic heterocycles. The quantitative estimate of drug-likeness (QED) is 0.920. The average Bonchev–Trinajstić information content (AvgIpc) is 2.42. The molecule has 0 unspecified atom stereocenters. The van der Waals surface area contributed by atoms with Gasteiger partial charge in [0.15, 0.2) is 0 Å². The van der Waals surface area contributed by atoms with Crippen LogP contribution in [0.2, 0.25) is 0 Å². The molecule has 0 saturated carbocycles. The predicted molar refractivity (Wildman–Crippen MR) is 78.2 cm³/mol. The van der Waals surface area contributed by atoms with E-state index < -0.39 is 26.7 Å². The summed E-state index contributed by atoms with van der Waals surface area (Å²) in [4.78, 5) is -0.426. The van der Waals surface area contributed by atoms with Gasteiger partial charge < -0.3 is 0 Å². The molecule has 2 rings (SSSR count). The van der Waals surface area contributed by atoms with Gasteiger partial charge in [0.25, 0.3) is 10.0 Å². The summed E-state index contributed by atoms with van der Waals surface area (Å²) in [5.41, 5.74) is 0.753. The molecule has 3 nitrogen and oxygen atoms in total. The Labute approximate surface area is 126 Å². The lowest BCUT2D eigenvalue weighted by Crippen LogP contribution is -2.16. The molecule has 7 heteroatoms. The number of sulfonamides is 1. The lowest BCUT2D eigenvalue weighted by molar-refractivity contribution is -0.137. The van der Waals surface area contributed by atoms with Crippen LogP contribution in [-0.2, 0) is 16.2 Å². The molecule has 0 radical (unpaired) electrons. The van der Waals surface area contributed by atoms with Crippen LogP contribution < -0.4 is 4.72 Å². The van der Waals surface area contributed by atoms with Gasteiger partial charge in [0.1, 0.15) is 0 Å². The molecule has 2 aromatic rings. The van der Waals surface area contributed by atoms with E-state index >= 15 is 0 Å². The predicted octanol–water partition coefficient (Wildman–Crippen LogP) is 4.12. The first-order chi connectivity index (χ1) is 10.1. The summed E-state index contributed by atoms with van der Waals surface area (Å²) in [6.45, 7) is 3.44. The molecule has 0 saturated heterocycles. The van der Waals surface area contributed by atoms with E-state index in [0.29, 0.717) is 22.9 Å². The lowest BCUT2D eigenvalue weighted by Gasteiger charge is -2.14. The number of rotatable bonds is 3. The number of anilines is 1. The highest BCUT2D eigenvalue weighted by Gasteiger charge is 2.31. The molecule has 0 heterocycles. The van der Waals surface area contributed by atoms with Crippen LogP contribution in [0.4, 0.5) is 18.9 Å². The second-order valence-electron chi connectivity index (χ2n) is 4.90. The number of alkyl halides is 3. The smallest absolute Gasteiger partial charge is 0.279 e. The minimum atomic E-state index is -4.59. The van der Waals surface area contributed by atoms with Crippen molar-refractivity contribution in [3.8, 4) is 0 Å². The van der Waals surface area contributed by atoms with E-state index in [2.05, 4.69) is 4.72 Å². The number of para-hydroxylation sites is 1. The standard InChI is InChI=1S/C15H14F3NO2S/c1-10-5-3-6-11(2)14(10)19-22(20,21)13-8-4-7-12(9-13)15(16,17)18/h3-9,19H,1-2H3. The second kappa shape index (κ2) is 5.64. The normalized spacial score (nSPS) is 12.2. The second-order valence-corrected chi connectivity index (χ2v) is 6.58. The fraction of sp³-hybridized carbons (Fsp3) is 0.200. The minimum Gasteiger partial charge on any atom is -0.279 e. The maximum Gasteiger partial charge on any atom is 0.416 e. The molecule has 118 valence electrons. The zero-order valence-electron chi connectivity index (χ0n) is 11.9. The van der Waals surface area contributed by atoms with E-state index in [1.807, 2.05) is 0 Å². The highest BCUT2D eigenvalue weighted by atomic mass is 32.2. The third kappa shape index (κ3) is 3.41. The molecule has 0 spiro atoms. The fourth-order valence-corrected chi connectivity index (χ4v) is 3.26. The maximum absolute atomic E-state index is 12.7. The SMILES string of the molecule is Cc1cccc(C)c1NS(=O)(=O)c1cccc(C(F)(F)F)c1. The van der Waals surface area contributed by atoms with Crippen molar-refractivity contribution in [2.45, 2.75) is 24.9 Å². The molecule has 0 aliphatic rings. The Morgan fingerprint density at radius 3 is 2.05 bits per heavy atom. The molecule has 0 aliphatic heterocycles. The van der Waals surface area contributed by atoms with Gasteiger partial charge in [-0.3, -0.25) is 4.72 Å². The van der Waals surface area contributed by atoms with Crippen LogP contribution in [-0.4, -0.2) is 8.42 Å². The van der Waals surface area contributed by atoms with E-state index in [9.17, 15) is 21.6 Å². The van der Waals surface area contributed by atoms with E-state index in [0.717, 1.165) is 18.2 Å². The van der Waals surface area contributed by atoms with Gasteiger partial charge in [-0.15, -0.1) is 0 Å². The first kappa shape index (κ1) is 16.4. The van der Waals surface area contributed by atoms with Crippen molar-refractivity contribution < 1.29 is 21.6 Å². The van der Waals surface area contributed by atoms with Crippen molar-refractivity contribution in [1.29, 1.82) is 0 Å². The van der Waals surface area contributed by atoms with Crippen molar-refractivity contribution in [3.63, 3.8) is 0 Å². The molecule has 0 bridgehead atoms. The van der Waals surface area contributed by atoms with Crippen LogP contribution in [0.15, 0.2) is 47.4 Å². The largest absolute Gasteiger partial charge is 0.416 e. The molecular formula is C15H14F3NO2S. The summed E-state index contributed by atoms with van der Waals surface area (Å²) in [6, 6.07) is 8.86. The summed E-state index contributed by atoms with van der Waals surface area (Å²) < 4.78 is 65.1. The van der Waals surface area contributed by atoms with Crippen molar-refractivity contribution in [2.75, 3.05) is 4.72 Å². The highest BCUT2D eigenvalue weighted by Crippen LogP contribution is 2.31. The zero-order valence-corrected chi connectivity index (χ0v) is 12.7. The summed E-state index contributed by atoms with van der Waals surface area (Å²) in [6.07, 6.45) is -4.59. The van der Waals surface area contributed by atoms with Crippen molar-refractivity contribution in [1.82, 2.24) is 0 Å². The molecule has 22 heavy (non-hydrogen) atoms. The van der Waals surface area contributed by atoms with Gasteiger partial charge in [0.2, 0.25) is 0 Å². The average molecular weight is 329 g/mol. The Hall–Kier alpha value is -2.02. The number of hydrogen-bond donors (Lipinski definition) is 1. The first-order valence-electron chi connectivity index (χ1n) is 6.37. The van der Waals surface area contributed by atoms with Crippen LogP contribution in [0.3, 0.4) is 0 Å². The Morgan fingerprint density at radius 1 is 0.955 bits per heavy atom. The molecule has 0 aliphatic carbocycles. The minimum absolute atomic E-state index is 0.375. The molecule has 2 aromatic carbocycles. The summed E-state index contributed by atoms with van der Waals surface area (Å²) >= 11 is 0. The molecular weight excluding hydrogens is 315 g/mol.